The molecule has 0 radical (unpaired) electrons. The van der Waals surface area contributed by atoms with Crippen LogP contribution >= 0.6 is 0 Å². The van der Waals surface area contributed by atoms with Crippen molar-refractivity contribution in [1.29, 1.82) is 0 Å². The summed E-state index contributed by atoms with van der Waals surface area (Å²) in [6.45, 7) is 0.428. The molecule has 0 saturated carbocycles. The molecule has 1 atom stereocenters. The number of hydrogen-bond acceptors (Lipinski definition) is 3. The second kappa shape index (κ2) is 3.80. The molecule has 15 heavy (non-hydrogen) atoms. The first-order valence-electron chi connectivity index (χ1n) is 4.49. The van der Waals surface area contributed by atoms with E-state index in [-0.39, 0.29) is 24.2 Å². The van der Waals surface area contributed by atoms with Crippen LogP contribution in [0.4, 0.5) is 14.6 Å². The minimum atomic E-state index is -0.755. The van der Waals surface area contributed by atoms with Gasteiger partial charge in [-0.05, 0) is 0 Å². The van der Waals surface area contributed by atoms with Crippen molar-refractivity contribution in [2.75, 3.05) is 11.9 Å². The fraction of sp³-hybridized carbons (Fsp3) is 0.333. The standard InChI is InChI=1S/C9H9F2N3O/c10-5-1-7(11)9(13-3-5)14-6-2-8(15)12-4-6/h1,3,6H,2,4H2,(H,12,15)(H,13,14). The summed E-state index contributed by atoms with van der Waals surface area (Å²) in [5.41, 5.74) is 0. The van der Waals surface area contributed by atoms with Gasteiger partial charge in [0.2, 0.25) is 5.91 Å². The molecule has 0 aliphatic carbocycles. The lowest BCUT2D eigenvalue weighted by molar-refractivity contribution is -0.119. The Labute approximate surface area is 84.7 Å². The normalized spacial score (nSPS) is 20.1. The average molecular weight is 213 g/mol. The smallest absolute Gasteiger partial charge is 0.222 e. The Hall–Kier alpha value is -1.72. The van der Waals surface area contributed by atoms with E-state index in [4.69, 9.17) is 0 Å². The zero-order chi connectivity index (χ0) is 10.8. The minimum Gasteiger partial charge on any atom is -0.363 e. The lowest BCUT2D eigenvalue weighted by Gasteiger charge is -2.11. The van der Waals surface area contributed by atoms with Crippen LogP contribution in [0.1, 0.15) is 6.42 Å². The first-order chi connectivity index (χ1) is 7.15. The maximum atomic E-state index is 13.1. The van der Waals surface area contributed by atoms with Gasteiger partial charge in [-0.2, -0.15) is 0 Å². The van der Waals surface area contributed by atoms with Crippen LogP contribution in [-0.2, 0) is 4.79 Å². The third-order valence-electron chi connectivity index (χ3n) is 2.13. The molecule has 0 spiro atoms. The molecule has 0 bridgehead atoms. The Morgan fingerprint density at radius 2 is 2.33 bits per heavy atom. The molecule has 80 valence electrons. The highest BCUT2D eigenvalue weighted by molar-refractivity contribution is 5.79. The van der Waals surface area contributed by atoms with Crippen LogP contribution in [0.25, 0.3) is 0 Å². The van der Waals surface area contributed by atoms with Crippen molar-refractivity contribution in [3.8, 4) is 0 Å². The van der Waals surface area contributed by atoms with E-state index in [2.05, 4.69) is 15.6 Å². The molecular weight excluding hydrogens is 204 g/mol. The molecule has 1 aromatic rings. The van der Waals surface area contributed by atoms with E-state index in [0.29, 0.717) is 6.54 Å². The number of carbonyl (C=O) groups is 1. The molecule has 6 heteroatoms. The molecule has 2 N–H and O–H groups in total. The molecule has 1 aliphatic heterocycles. The summed E-state index contributed by atoms with van der Waals surface area (Å²) in [5, 5.41) is 5.33. The van der Waals surface area contributed by atoms with Gasteiger partial charge in [-0.1, -0.05) is 0 Å². The third-order valence-corrected chi connectivity index (χ3v) is 2.13. The van der Waals surface area contributed by atoms with Crippen molar-refractivity contribution < 1.29 is 13.6 Å². The quantitative estimate of drug-likeness (QED) is 0.758. The number of rotatable bonds is 2. The van der Waals surface area contributed by atoms with Crippen molar-refractivity contribution in [1.82, 2.24) is 10.3 Å². The van der Waals surface area contributed by atoms with Crippen LogP contribution in [0.5, 0.6) is 0 Å². The van der Waals surface area contributed by atoms with E-state index in [0.717, 1.165) is 12.3 Å². The summed E-state index contributed by atoms with van der Waals surface area (Å²) in [5.74, 6) is -1.60. The van der Waals surface area contributed by atoms with Gasteiger partial charge in [0, 0.05) is 19.0 Å². The number of anilines is 1. The molecule has 4 nitrogen and oxygen atoms in total. The Bertz CT molecular complexity index is 397. The number of aromatic nitrogens is 1. The molecule has 1 aromatic heterocycles. The number of carbonyl (C=O) groups excluding carboxylic acids is 1. The summed E-state index contributed by atoms with van der Waals surface area (Å²) in [6, 6.07) is 0.560. The van der Waals surface area contributed by atoms with E-state index < -0.39 is 11.6 Å². The van der Waals surface area contributed by atoms with Crippen molar-refractivity contribution in [2.24, 2.45) is 0 Å². The Morgan fingerprint density at radius 1 is 1.53 bits per heavy atom. The highest BCUT2D eigenvalue weighted by Crippen LogP contribution is 2.14. The number of nitrogens with one attached hydrogen (secondary N) is 2. The van der Waals surface area contributed by atoms with Gasteiger partial charge in [0.05, 0.1) is 12.2 Å². The summed E-state index contributed by atoms with van der Waals surface area (Å²) in [6.07, 6.45) is 1.20. The van der Waals surface area contributed by atoms with Crippen LogP contribution in [0, 0.1) is 11.6 Å². The topological polar surface area (TPSA) is 54.0 Å². The number of halogens is 2. The summed E-state index contributed by atoms with van der Waals surface area (Å²) in [7, 11) is 0. The van der Waals surface area contributed by atoms with Crippen molar-refractivity contribution >= 4 is 11.7 Å². The van der Waals surface area contributed by atoms with Crippen LogP contribution < -0.4 is 10.6 Å². The predicted molar refractivity (Wildman–Crippen MR) is 49.2 cm³/mol. The monoisotopic (exact) mass is 213 g/mol. The average Bonchev–Trinajstić information content (AvgIpc) is 2.56. The lowest BCUT2D eigenvalue weighted by Crippen LogP contribution is -2.23. The Morgan fingerprint density at radius 3 is 2.93 bits per heavy atom. The summed E-state index contributed by atoms with van der Waals surface area (Å²) in [4.78, 5) is 14.4. The second-order valence-electron chi connectivity index (χ2n) is 3.33. The zero-order valence-electron chi connectivity index (χ0n) is 7.76. The summed E-state index contributed by atoms with van der Waals surface area (Å²) < 4.78 is 25.7. The van der Waals surface area contributed by atoms with Gasteiger partial charge in [0.1, 0.15) is 5.82 Å². The second-order valence-corrected chi connectivity index (χ2v) is 3.33. The van der Waals surface area contributed by atoms with E-state index >= 15 is 0 Å². The largest absolute Gasteiger partial charge is 0.363 e. The van der Waals surface area contributed by atoms with Gasteiger partial charge in [-0.15, -0.1) is 0 Å². The first-order valence-corrected chi connectivity index (χ1v) is 4.49. The van der Waals surface area contributed by atoms with Gasteiger partial charge in [-0.3, -0.25) is 4.79 Å². The lowest BCUT2D eigenvalue weighted by atomic mass is 10.2. The predicted octanol–water partition coefficient (Wildman–Crippen LogP) is 0.660. The SMILES string of the molecule is O=C1CC(Nc2ncc(F)cc2F)CN1. The van der Waals surface area contributed by atoms with Crippen molar-refractivity contribution in [2.45, 2.75) is 12.5 Å². The maximum absolute atomic E-state index is 13.1. The molecule has 1 fully saturated rings. The van der Waals surface area contributed by atoms with Gasteiger partial charge in [-0.25, -0.2) is 13.8 Å². The molecule has 2 rings (SSSR count). The molecule has 2 heterocycles. The minimum absolute atomic E-state index is 0.0297. The fourth-order valence-electron chi connectivity index (χ4n) is 1.42. The maximum Gasteiger partial charge on any atom is 0.222 e. The summed E-state index contributed by atoms with van der Waals surface area (Å²) >= 11 is 0. The molecule has 1 unspecified atom stereocenters. The van der Waals surface area contributed by atoms with Crippen molar-refractivity contribution in [3.63, 3.8) is 0 Å². The number of nitrogens with zero attached hydrogens (tertiary/aromatic N) is 1. The number of pyridine rings is 1. The van der Waals surface area contributed by atoms with Crippen LogP contribution in [0.2, 0.25) is 0 Å². The van der Waals surface area contributed by atoms with Gasteiger partial charge >= 0.3 is 0 Å². The molecule has 0 aromatic carbocycles. The molecular formula is C9H9F2N3O. The van der Waals surface area contributed by atoms with E-state index in [1.54, 1.807) is 0 Å². The van der Waals surface area contributed by atoms with E-state index in [1.807, 2.05) is 0 Å². The molecule has 1 amide bonds. The van der Waals surface area contributed by atoms with E-state index in [9.17, 15) is 13.6 Å². The van der Waals surface area contributed by atoms with Crippen LogP contribution in [-0.4, -0.2) is 23.5 Å². The molecule has 1 aliphatic rings. The zero-order valence-corrected chi connectivity index (χ0v) is 7.76. The highest BCUT2D eigenvalue weighted by Gasteiger charge is 2.22. The highest BCUT2D eigenvalue weighted by atomic mass is 19.1. The van der Waals surface area contributed by atoms with Crippen LogP contribution in [0.15, 0.2) is 12.3 Å². The Kier molecular flexibility index (Phi) is 2.49. The van der Waals surface area contributed by atoms with Gasteiger partial charge in [0.25, 0.3) is 0 Å². The molecule has 1 saturated heterocycles. The third kappa shape index (κ3) is 2.20. The van der Waals surface area contributed by atoms with Crippen LogP contribution in [0.3, 0.4) is 0 Å². The number of hydrogen-bond donors (Lipinski definition) is 2. The van der Waals surface area contributed by atoms with E-state index in [1.165, 1.54) is 0 Å². The first kappa shape index (κ1) is 9.82. The van der Waals surface area contributed by atoms with Gasteiger partial charge < -0.3 is 10.6 Å². The van der Waals surface area contributed by atoms with Crippen molar-refractivity contribution in [3.05, 3.63) is 23.9 Å². The van der Waals surface area contributed by atoms with Gasteiger partial charge in [0.15, 0.2) is 11.6 Å². The fourth-order valence-corrected chi connectivity index (χ4v) is 1.42. The Balaban J connectivity index is 2.07. The number of amides is 1.